The van der Waals surface area contributed by atoms with E-state index in [9.17, 15) is 39.0 Å². The largest absolute Gasteiger partial charge is 0.460 e. The van der Waals surface area contributed by atoms with Crippen molar-refractivity contribution < 1.29 is 90.8 Å². The number of Topliss-reactive ketones (excluding diaryl/α,β-unsaturated/α-hetero) is 3. The number of nitrogen functional groups attached to an aromatic ring is 2. The van der Waals surface area contributed by atoms with Crippen LogP contribution in [0.4, 0.5) is 17.8 Å². The third-order valence-electron chi connectivity index (χ3n) is 26.0. The summed E-state index contributed by atoms with van der Waals surface area (Å²) < 4.78 is 67.2. The Balaban J connectivity index is 0.538. The normalized spacial score (nSPS) is 27.4. The molecule has 12 rings (SSSR count). The van der Waals surface area contributed by atoms with E-state index in [1.807, 2.05) is 110 Å². The number of fused-ring (bicyclic) bond motifs is 5. The second-order valence-corrected chi connectivity index (χ2v) is 35.7. The number of ketones is 3. The number of nitrogens with zero attached hydrogens (tertiary/aromatic N) is 11. The van der Waals surface area contributed by atoms with Crippen LogP contribution in [0.3, 0.4) is 0 Å². The third kappa shape index (κ3) is 27.7. The average molecular weight is 1820 g/mol. The minimum Gasteiger partial charge on any atom is -0.460 e. The van der Waals surface area contributed by atoms with E-state index in [0.717, 1.165) is 85.5 Å². The van der Waals surface area contributed by atoms with Gasteiger partial charge in [-0.25, -0.2) is 29.4 Å². The van der Waals surface area contributed by atoms with Gasteiger partial charge in [-0.2, -0.15) is 10.1 Å². The number of unbranched alkanes of at least 4 members (excludes halogenated alkanes) is 1. The monoisotopic (exact) mass is 1820 g/mol. The number of nitrogens with one attached hydrogen (secondary N) is 3. The summed E-state index contributed by atoms with van der Waals surface area (Å²) in [5.74, 6) is -7.37. The molecule has 0 spiro atoms. The van der Waals surface area contributed by atoms with Crippen molar-refractivity contribution in [1.29, 1.82) is 0 Å². The van der Waals surface area contributed by atoms with Crippen molar-refractivity contribution >= 4 is 75.0 Å². The van der Waals surface area contributed by atoms with Gasteiger partial charge in [0, 0.05) is 140 Å². The number of hydrazine groups is 2. The fourth-order valence-corrected chi connectivity index (χ4v) is 18.2. The van der Waals surface area contributed by atoms with E-state index in [0.29, 0.717) is 175 Å². The Morgan fingerprint density at radius 2 is 1.51 bits per heavy atom. The van der Waals surface area contributed by atoms with E-state index in [1.54, 1.807) is 47.1 Å². The number of amides is 2. The van der Waals surface area contributed by atoms with Crippen LogP contribution >= 0.6 is 0 Å². The molecule has 15 atom stereocenters. The van der Waals surface area contributed by atoms with Crippen molar-refractivity contribution in [3.63, 3.8) is 0 Å². The second-order valence-electron chi connectivity index (χ2n) is 35.7. The Bertz CT molecular complexity index is 4920. The van der Waals surface area contributed by atoms with Crippen LogP contribution in [0.2, 0.25) is 0 Å². The fraction of sp³-hybridized carbons (Fsp3) is 0.604. The number of ether oxygens (including phenoxy) is 10. The van der Waals surface area contributed by atoms with Crippen molar-refractivity contribution in [3.8, 4) is 22.4 Å². The number of benzene rings is 2. The molecule has 35 nitrogen and oxygen atoms in total. The number of aryl methyl sites for hydroxylation is 1. The van der Waals surface area contributed by atoms with Crippen LogP contribution in [0, 0.1) is 35.5 Å². The summed E-state index contributed by atoms with van der Waals surface area (Å²) in [5.41, 5.74) is 26.9. The van der Waals surface area contributed by atoms with Crippen LogP contribution in [0.25, 0.3) is 44.5 Å². The van der Waals surface area contributed by atoms with E-state index in [-0.39, 0.29) is 85.9 Å². The van der Waals surface area contributed by atoms with Gasteiger partial charge in [-0.05, 0) is 155 Å². The number of piperazine rings is 1. The number of allylic oxidation sites excluding steroid dienone is 6. The van der Waals surface area contributed by atoms with Crippen LogP contribution in [0.15, 0.2) is 125 Å². The van der Waals surface area contributed by atoms with E-state index in [2.05, 4.69) is 53.3 Å². The summed E-state index contributed by atoms with van der Waals surface area (Å²) in [5, 5.41) is 34.3. The smallest absolute Gasteiger partial charge is 0.329 e. The van der Waals surface area contributed by atoms with Gasteiger partial charge in [0.25, 0.3) is 17.7 Å². The Kier molecular flexibility index (Phi) is 37.6. The number of hydrogen-bond donors (Lipinski definition) is 7. The second kappa shape index (κ2) is 49.2. The predicted molar refractivity (Wildman–Crippen MR) is 492 cm³/mol. The van der Waals surface area contributed by atoms with E-state index < -0.39 is 77.8 Å². The third-order valence-corrected chi connectivity index (χ3v) is 26.0. The number of piperidine rings is 1. The first kappa shape index (κ1) is 100. The Morgan fingerprint density at radius 1 is 0.756 bits per heavy atom. The zero-order valence-corrected chi connectivity index (χ0v) is 77.6. The summed E-state index contributed by atoms with van der Waals surface area (Å²) in [6, 6.07) is 12.6. The quantitative estimate of drug-likeness (QED) is 0.00855. The molecule has 6 aliphatic rings. The number of cyclic esters (lactones) is 1. The highest BCUT2D eigenvalue weighted by atomic mass is 16.6. The molecule has 2 aromatic carbocycles. The summed E-state index contributed by atoms with van der Waals surface area (Å²) in [4.78, 5) is 114. The molecule has 2 bridgehead atoms. The molecular weight excluding hydrogens is 1680 g/mol. The maximum Gasteiger partial charge on any atom is 0.329 e. The number of esters is 1. The SMILES string of the molecule is CO[C@H]1C[C@@H]2CC[C@@H](C)[C@@](O)(O2)C(=O)C(=O)N2CCCC[C@H]2C(=O)O[C@H]([C@H](C)C[C@@H]2CC[C@@H](OCc3cccc(-c4cnc(N5CCN(CC6=CN(CCOCCOCCOCCOCCC(=O)NCCCCn7nc(-c8ccc9oc(N)nc9c8)c8c(N)ncnc87)NN6)CC5)nc4)c3)[C@H](OC)C2)CC(=O)[C@H](C)/C=C(\C)[C@@H](O)[C@@H](OC)C(=O)[C@H](C)C[C@H](C)/C=C/C=C/C=C/1C. The molecule has 4 aromatic heterocycles. The lowest BCUT2D eigenvalue weighted by Gasteiger charge is -2.42. The highest BCUT2D eigenvalue weighted by molar-refractivity contribution is 6.39. The highest BCUT2D eigenvalue weighted by Gasteiger charge is 2.53. The molecule has 4 fully saturated rings. The number of oxazole rings is 1. The van der Waals surface area contributed by atoms with Gasteiger partial charge >= 0.3 is 5.97 Å². The van der Waals surface area contributed by atoms with Crippen LogP contribution in [0.1, 0.15) is 150 Å². The maximum absolute atomic E-state index is 14.9. The molecule has 2 amide bonds. The summed E-state index contributed by atoms with van der Waals surface area (Å²) in [6.45, 7) is 22.1. The maximum atomic E-state index is 14.9. The van der Waals surface area contributed by atoms with Crippen molar-refractivity contribution in [2.45, 2.75) is 212 Å². The number of aliphatic hydroxyl groups excluding tert-OH is 1. The Hall–Kier alpha value is -9.86. The molecule has 9 N–H and O–H groups in total. The highest BCUT2D eigenvalue weighted by Crippen LogP contribution is 2.40. The van der Waals surface area contributed by atoms with E-state index in [4.69, 9.17) is 78.3 Å². The molecule has 35 heteroatoms. The van der Waals surface area contributed by atoms with Crippen molar-refractivity contribution in [2.75, 3.05) is 143 Å². The molecule has 1 saturated carbocycles. The molecular formula is C96H136N16O19. The number of rotatable bonds is 34. The molecule has 6 aromatic rings. The topological polar surface area (TPSA) is 432 Å². The first-order valence-corrected chi connectivity index (χ1v) is 46.5. The number of methoxy groups -OCH3 is 3. The number of carbonyl (C=O) groups is 6. The number of hydrogen-bond acceptors (Lipinski definition) is 32. The lowest BCUT2D eigenvalue weighted by atomic mass is 9.78. The molecule has 1 aliphatic carbocycles. The number of carbonyl (C=O) groups excluding carboxylic acids is 6. The Labute approximate surface area is 767 Å². The number of anilines is 3. The number of nitrogens with two attached hydrogens (primary N) is 2. The van der Waals surface area contributed by atoms with Crippen LogP contribution in [-0.2, 0) is 89.3 Å². The minimum absolute atomic E-state index is 0.00909. The van der Waals surface area contributed by atoms with E-state index in [1.165, 1.54) is 18.3 Å². The lowest BCUT2D eigenvalue weighted by Crippen LogP contribution is -2.61. The molecule has 714 valence electrons. The molecule has 3 saturated heterocycles. The molecule has 9 heterocycles. The predicted octanol–water partition coefficient (Wildman–Crippen LogP) is 9.32. The van der Waals surface area contributed by atoms with Gasteiger partial charge < -0.3 is 94.0 Å². The fourth-order valence-electron chi connectivity index (χ4n) is 18.2. The van der Waals surface area contributed by atoms with Gasteiger partial charge in [0.05, 0.1) is 102 Å². The zero-order valence-electron chi connectivity index (χ0n) is 77.6. The van der Waals surface area contributed by atoms with Gasteiger partial charge in [-0.15, -0.1) is 5.53 Å². The van der Waals surface area contributed by atoms with Crippen molar-refractivity contribution in [3.05, 3.63) is 126 Å². The number of aliphatic hydroxyl groups is 2. The van der Waals surface area contributed by atoms with Crippen molar-refractivity contribution in [2.24, 2.45) is 35.5 Å². The molecule has 131 heavy (non-hydrogen) atoms. The lowest BCUT2D eigenvalue weighted by molar-refractivity contribution is -0.265. The summed E-state index contributed by atoms with van der Waals surface area (Å²) >= 11 is 0. The Morgan fingerprint density at radius 3 is 2.26 bits per heavy atom. The zero-order chi connectivity index (χ0) is 93.1. The average Bonchev–Trinajstić information content (AvgIpc) is 1.69. The van der Waals surface area contributed by atoms with Gasteiger partial charge in [0.1, 0.15) is 53.5 Å². The summed E-state index contributed by atoms with van der Waals surface area (Å²) in [6.07, 6.45) is 20.4. The van der Waals surface area contributed by atoms with Crippen LogP contribution in [-0.4, -0.2) is 276 Å². The van der Waals surface area contributed by atoms with Gasteiger partial charge in [-0.1, -0.05) is 89.3 Å². The number of aromatic nitrogens is 7. The van der Waals surface area contributed by atoms with Gasteiger partial charge in [-0.3, -0.25) is 33.9 Å². The van der Waals surface area contributed by atoms with Gasteiger partial charge in [0.2, 0.25) is 17.6 Å². The molecule has 5 aliphatic heterocycles. The van der Waals surface area contributed by atoms with Gasteiger partial charge in [0.15, 0.2) is 17.0 Å². The van der Waals surface area contributed by atoms with Crippen LogP contribution < -0.4 is 32.6 Å². The first-order chi connectivity index (χ1) is 63.3. The minimum atomic E-state index is -2.47. The van der Waals surface area contributed by atoms with Crippen molar-refractivity contribution in [1.82, 2.24) is 65.8 Å². The summed E-state index contributed by atoms with van der Waals surface area (Å²) in [7, 11) is 4.65. The standard InChI is InChI=1S/C96H136N16O19/c1-61-19-12-11-13-20-62(2)80(121-8)53-74-27-24-67(7)96(120,131-74)89(117)92(118)111-32-16-14-23-76(111)93(119)129-81(54-77(113)63(3)48-66(6)87(116)88(123-10)86(115)65(5)47-61)64(4)49-68-25-28-79(82(51-68)122-9)128-59-69-21-18-22-70(50-69)72-55-100-95(101-56-72)109-36-34-108(35-37-109)57-73-58-110(107-105-73)38-40-125-42-44-127-46-45-126-43-41-124-39-30-83(114)99-31-15-17-33-112-91-84(90(97)102-60-103-91)85(106-112)71-26-29-78-75(52-71)104-94(98)130-78/h11-13,18-22,26,29,48,50,52,55-56,58,60-61,63-65,67-68,74,76,79-82,87-88,105,107,116,120H,14-17,23-25,27-28,30-47,49,51,53-54,57,59H2,1-10H3,(H2,98,104)(H,99,114)(H2,97,102,103)/b13-11+,19-12+,62-20+,66-48+/t61-,63-,64-,65-,67-,68+,74+,76+,79-,80+,81+,82-,87-,88+,96-/m1/s1. The van der Waals surface area contributed by atoms with Crippen LogP contribution in [0.5, 0.6) is 0 Å². The first-order valence-electron chi connectivity index (χ1n) is 46.5. The molecule has 0 unspecified atom stereocenters. The van der Waals surface area contributed by atoms with E-state index >= 15 is 0 Å². The molecule has 0 radical (unpaired) electrons.